The number of hydrogen-bond donors (Lipinski definition) is 2. The molecule has 0 saturated carbocycles. The fourth-order valence-electron chi connectivity index (χ4n) is 3.52. The Morgan fingerprint density at radius 1 is 1.45 bits per heavy atom. The molecule has 2 aliphatic heterocycles. The Hall–Kier alpha value is -1.77. The minimum Gasteiger partial charge on any atom is -0.350 e. The molecule has 6 heteroatoms. The highest BCUT2D eigenvalue weighted by Crippen LogP contribution is 2.36. The number of amides is 1. The summed E-state index contributed by atoms with van der Waals surface area (Å²) >= 11 is 5.93. The van der Waals surface area contributed by atoms with E-state index < -0.39 is 0 Å². The van der Waals surface area contributed by atoms with Crippen LogP contribution in [0.1, 0.15) is 24.8 Å². The highest BCUT2D eigenvalue weighted by Gasteiger charge is 2.46. The van der Waals surface area contributed by atoms with E-state index in [-0.39, 0.29) is 24.5 Å². The maximum atomic E-state index is 12.0. The summed E-state index contributed by atoms with van der Waals surface area (Å²) in [6, 6.07) is 8.19. The first-order chi connectivity index (χ1) is 10.7. The zero-order valence-corrected chi connectivity index (χ0v) is 13.0. The molecule has 0 aliphatic carbocycles. The van der Waals surface area contributed by atoms with Crippen LogP contribution in [0.4, 0.5) is 0 Å². The highest BCUT2D eigenvalue weighted by atomic mass is 35.5. The molecule has 2 N–H and O–H groups in total. The third-order valence-corrected chi connectivity index (χ3v) is 4.74. The van der Waals surface area contributed by atoms with Gasteiger partial charge in [-0.2, -0.15) is 5.26 Å². The molecule has 22 heavy (non-hydrogen) atoms. The summed E-state index contributed by atoms with van der Waals surface area (Å²) in [6.07, 6.45) is 5.21. The summed E-state index contributed by atoms with van der Waals surface area (Å²) in [6.45, 7) is 0.877. The van der Waals surface area contributed by atoms with Gasteiger partial charge in [0.1, 0.15) is 0 Å². The van der Waals surface area contributed by atoms with Crippen LogP contribution >= 0.6 is 11.6 Å². The van der Waals surface area contributed by atoms with Crippen molar-refractivity contribution in [2.75, 3.05) is 6.54 Å². The SMILES string of the molecule is N#CN1[C@H]2CC[C@@H]1[C@H](NC(=O)CNCc1cccc(Cl)c1)C2. The molecule has 1 aromatic rings. The Morgan fingerprint density at radius 3 is 3.05 bits per heavy atom. The molecule has 5 nitrogen and oxygen atoms in total. The van der Waals surface area contributed by atoms with Gasteiger partial charge in [0.15, 0.2) is 6.19 Å². The molecule has 2 heterocycles. The van der Waals surface area contributed by atoms with Gasteiger partial charge >= 0.3 is 0 Å². The van der Waals surface area contributed by atoms with Crippen LogP contribution in [0.3, 0.4) is 0 Å². The van der Waals surface area contributed by atoms with Crippen molar-refractivity contribution in [1.82, 2.24) is 15.5 Å². The number of nitriles is 1. The van der Waals surface area contributed by atoms with Gasteiger partial charge in [0, 0.05) is 17.6 Å². The first-order valence-corrected chi connectivity index (χ1v) is 7.98. The number of nitrogens with zero attached hydrogens (tertiary/aromatic N) is 2. The van der Waals surface area contributed by atoms with Gasteiger partial charge in [-0.25, -0.2) is 0 Å². The van der Waals surface area contributed by atoms with Gasteiger partial charge in [0.25, 0.3) is 0 Å². The van der Waals surface area contributed by atoms with Gasteiger partial charge < -0.3 is 15.5 Å². The second-order valence-electron chi connectivity index (χ2n) is 5.95. The Bertz CT molecular complexity index is 600. The predicted molar refractivity (Wildman–Crippen MR) is 84.0 cm³/mol. The number of benzene rings is 1. The van der Waals surface area contributed by atoms with Crippen molar-refractivity contribution in [3.8, 4) is 6.19 Å². The summed E-state index contributed by atoms with van der Waals surface area (Å²) in [5.74, 6) is -0.0162. The molecule has 0 radical (unpaired) electrons. The first kappa shape index (κ1) is 15.1. The van der Waals surface area contributed by atoms with E-state index in [1.165, 1.54) is 0 Å². The molecule has 3 rings (SSSR count). The minimum absolute atomic E-state index is 0.0162. The normalized spacial score (nSPS) is 26.0. The third kappa shape index (κ3) is 3.18. The number of carbonyl (C=O) groups is 1. The van der Waals surface area contributed by atoms with E-state index in [0.717, 1.165) is 24.8 Å². The van der Waals surface area contributed by atoms with Crippen molar-refractivity contribution in [1.29, 1.82) is 5.26 Å². The molecule has 2 bridgehead atoms. The Balaban J connectivity index is 1.43. The lowest BCUT2D eigenvalue weighted by Crippen LogP contribution is -2.46. The van der Waals surface area contributed by atoms with Crippen molar-refractivity contribution < 1.29 is 4.79 Å². The molecule has 1 amide bonds. The standard InChI is InChI=1S/C16H19ClN4O/c17-12-3-1-2-11(6-12)8-19-9-16(22)20-14-7-13-4-5-15(14)21(13)10-18/h1-3,6,13-15,19H,4-5,7-9H2,(H,20,22)/t13-,14+,15+/m0/s1. The Labute approximate surface area is 135 Å². The fourth-order valence-corrected chi connectivity index (χ4v) is 3.74. The molecule has 0 unspecified atom stereocenters. The number of carbonyl (C=O) groups excluding carboxylic acids is 1. The second kappa shape index (κ2) is 6.55. The summed E-state index contributed by atoms with van der Waals surface area (Å²) in [4.78, 5) is 13.9. The van der Waals surface area contributed by atoms with E-state index in [1.807, 2.05) is 29.2 Å². The van der Waals surface area contributed by atoms with E-state index in [4.69, 9.17) is 16.9 Å². The zero-order valence-electron chi connectivity index (χ0n) is 12.3. The maximum Gasteiger partial charge on any atom is 0.234 e. The quantitative estimate of drug-likeness (QED) is 0.810. The van der Waals surface area contributed by atoms with Gasteiger partial charge in [-0.3, -0.25) is 4.79 Å². The minimum atomic E-state index is -0.0162. The molecule has 1 aromatic carbocycles. The summed E-state index contributed by atoms with van der Waals surface area (Å²) in [5.41, 5.74) is 1.05. The number of rotatable bonds is 5. The van der Waals surface area contributed by atoms with E-state index in [9.17, 15) is 4.79 Å². The molecular weight excluding hydrogens is 300 g/mol. The van der Waals surface area contributed by atoms with Crippen LogP contribution in [0.2, 0.25) is 5.02 Å². The lowest BCUT2D eigenvalue weighted by atomic mass is 9.95. The van der Waals surface area contributed by atoms with Crippen LogP contribution in [0.25, 0.3) is 0 Å². The van der Waals surface area contributed by atoms with Crippen molar-refractivity contribution in [2.45, 2.75) is 43.9 Å². The van der Waals surface area contributed by atoms with E-state index in [2.05, 4.69) is 16.8 Å². The smallest absolute Gasteiger partial charge is 0.234 e. The van der Waals surface area contributed by atoms with Crippen molar-refractivity contribution >= 4 is 17.5 Å². The third-order valence-electron chi connectivity index (χ3n) is 4.50. The number of fused-ring (bicyclic) bond motifs is 2. The lowest BCUT2D eigenvalue weighted by Gasteiger charge is -2.22. The molecule has 2 aliphatic rings. The zero-order chi connectivity index (χ0) is 15.5. The predicted octanol–water partition coefficient (Wildman–Crippen LogP) is 1.63. The molecule has 0 aromatic heterocycles. The number of hydrogen-bond acceptors (Lipinski definition) is 4. The van der Waals surface area contributed by atoms with Crippen molar-refractivity contribution in [2.24, 2.45) is 0 Å². The summed E-state index contributed by atoms with van der Waals surface area (Å²) in [7, 11) is 0. The molecular formula is C16H19ClN4O. The van der Waals surface area contributed by atoms with E-state index in [0.29, 0.717) is 17.6 Å². The Kier molecular flexibility index (Phi) is 4.51. The highest BCUT2D eigenvalue weighted by molar-refractivity contribution is 6.30. The van der Waals surface area contributed by atoms with Gasteiger partial charge in [-0.15, -0.1) is 0 Å². The van der Waals surface area contributed by atoms with Gasteiger partial charge in [0.05, 0.1) is 18.6 Å². The molecule has 2 fully saturated rings. The fraction of sp³-hybridized carbons (Fsp3) is 0.500. The largest absolute Gasteiger partial charge is 0.350 e. The molecule has 3 atom stereocenters. The van der Waals surface area contributed by atoms with Gasteiger partial charge in [-0.1, -0.05) is 23.7 Å². The van der Waals surface area contributed by atoms with Crippen LogP contribution in [0, 0.1) is 11.5 Å². The van der Waals surface area contributed by atoms with E-state index in [1.54, 1.807) is 0 Å². The topological polar surface area (TPSA) is 68.2 Å². The summed E-state index contributed by atoms with van der Waals surface area (Å²) < 4.78 is 0. The molecule has 116 valence electrons. The lowest BCUT2D eigenvalue weighted by molar-refractivity contribution is -0.121. The average molecular weight is 319 g/mol. The summed E-state index contributed by atoms with van der Waals surface area (Å²) in [5, 5.41) is 16.0. The van der Waals surface area contributed by atoms with Crippen LogP contribution < -0.4 is 10.6 Å². The van der Waals surface area contributed by atoms with E-state index >= 15 is 0 Å². The van der Waals surface area contributed by atoms with Crippen LogP contribution in [0.15, 0.2) is 24.3 Å². The first-order valence-electron chi connectivity index (χ1n) is 7.60. The van der Waals surface area contributed by atoms with Crippen molar-refractivity contribution in [3.63, 3.8) is 0 Å². The molecule has 0 spiro atoms. The Morgan fingerprint density at radius 2 is 2.32 bits per heavy atom. The average Bonchev–Trinajstić information content (AvgIpc) is 3.03. The van der Waals surface area contributed by atoms with Crippen LogP contribution in [0.5, 0.6) is 0 Å². The van der Waals surface area contributed by atoms with Gasteiger partial charge in [0.2, 0.25) is 5.91 Å². The second-order valence-corrected chi connectivity index (χ2v) is 6.39. The van der Waals surface area contributed by atoms with Crippen LogP contribution in [-0.2, 0) is 11.3 Å². The maximum absolute atomic E-state index is 12.0. The van der Waals surface area contributed by atoms with Crippen LogP contribution in [-0.4, -0.2) is 35.5 Å². The number of nitrogens with one attached hydrogen (secondary N) is 2. The van der Waals surface area contributed by atoms with Crippen molar-refractivity contribution in [3.05, 3.63) is 34.9 Å². The van der Waals surface area contributed by atoms with Gasteiger partial charge in [-0.05, 0) is 37.0 Å². The number of halogens is 1. The molecule has 2 saturated heterocycles. The monoisotopic (exact) mass is 318 g/mol.